The van der Waals surface area contributed by atoms with E-state index in [0.29, 0.717) is 18.6 Å². The number of rotatable bonds is 13. The fourth-order valence-electron chi connectivity index (χ4n) is 6.24. The summed E-state index contributed by atoms with van der Waals surface area (Å²) in [6.45, 7) is 4.66. The maximum atomic E-state index is 14.9. The predicted molar refractivity (Wildman–Crippen MR) is 184 cm³/mol. The Bertz CT molecular complexity index is 1730. The van der Waals surface area contributed by atoms with Gasteiger partial charge in [-0.2, -0.15) is 0 Å². The zero-order chi connectivity index (χ0) is 38.3. The number of amides is 3. The van der Waals surface area contributed by atoms with Crippen molar-refractivity contribution in [3.05, 3.63) is 89.5 Å². The minimum absolute atomic E-state index is 0.0791. The maximum Gasteiger partial charge on any atom is 0.407 e. The third-order valence-electron chi connectivity index (χ3n) is 9.14. The molecule has 13 nitrogen and oxygen atoms in total. The molecule has 0 spiro atoms. The van der Waals surface area contributed by atoms with Crippen LogP contribution in [-0.2, 0) is 36.7 Å². The van der Waals surface area contributed by atoms with Crippen LogP contribution in [0.2, 0.25) is 0 Å². The number of aromatic nitrogens is 1. The summed E-state index contributed by atoms with van der Waals surface area (Å²) in [6, 6.07) is 10.6. The fourth-order valence-corrected chi connectivity index (χ4v) is 6.24. The van der Waals surface area contributed by atoms with Crippen LogP contribution in [0, 0.1) is 28.8 Å². The molecule has 3 amide bonds. The van der Waals surface area contributed by atoms with Gasteiger partial charge in [0.05, 0.1) is 38.4 Å². The molecule has 1 aromatic heterocycles. The molecule has 6 atom stereocenters. The van der Waals surface area contributed by atoms with E-state index in [9.17, 15) is 32.7 Å². The number of hydrazine groups is 1. The molecule has 2 aliphatic rings. The van der Waals surface area contributed by atoms with Gasteiger partial charge < -0.3 is 34.7 Å². The molecule has 286 valence electrons. The highest BCUT2D eigenvalue weighted by atomic mass is 19.2. The molecule has 2 aromatic carbocycles. The van der Waals surface area contributed by atoms with E-state index in [1.54, 1.807) is 33.2 Å². The second-order valence-corrected chi connectivity index (χ2v) is 14.1. The van der Waals surface area contributed by atoms with E-state index in [1.165, 1.54) is 0 Å². The highest BCUT2D eigenvalue weighted by Gasteiger charge is 2.44. The summed E-state index contributed by atoms with van der Waals surface area (Å²) in [4.78, 5) is 43.3. The Morgan fingerprint density at radius 2 is 1.75 bits per heavy atom. The van der Waals surface area contributed by atoms with Crippen molar-refractivity contribution in [2.75, 3.05) is 26.9 Å². The SMILES string of the molecule is COC(=O)NC(C(=O)NN(Cc1ccc(F)c(F)c1F)CC(O)C(Cc1ccc(-c2cccnc2)cc1)NC(=O)OC1COC2OCCC12)C(C)(C)C. The Morgan fingerprint density at radius 1 is 1.00 bits per heavy atom. The van der Waals surface area contributed by atoms with Crippen LogP contribution in [0.1, 0.15) is 38.3 Å². The number of aliphatic hydroxyl groups is 1. The lowest BCUT2D eigenvalue weighted by molar-refractivity contribution is -0.131. The first kappa shape index (κ1) is 39.4. The Labute approximate surface area is 305 Å². The number of hydrogen-bond donors (Lipinski definition) is 4. The van der Waals surface area contributed by atoms with Crippen LogP contribution in [0.5, 0.6) is 0 Å². The number of carbonyl (C=O) groups excluding carboxylic acids is 3. The van der Waals surface area contributed by atoms with Crippen molar-refractivity contribution in [1.82, 2.24) is 26.1 Å². The topological polar surface area (TPSA) is 161 Å². The van der Waals surface area contributed by atoms with E-state index in [1.807, 2.05) is 36.4 Å². The minimum atomic E-state index is -1.71. The van der Waals surface area contributed by atoms with Gasteiger partial charge in [0.15, 0.2) is 23.7 Å². The first-order chi connectivity index (χ1) is 25.2. The molecule has 53 heavy (non-hydrogen) atoms. The summed E-state index contributed by atoms with van der Waals surface area (Å²) in [7, 11) is 1.13. The molecule has 4 N–H and O–H groups in total. The van der Waals surface area contributed by atoms with Gasteiger partial charge in [0, 0.05) is 31.0 Å². The molecule has 6 unspecified atom stereocenters. The van der Waals surface area contributed by atoms with E-state index in [0.717, 1.165) is 35.4 Å². The average molecular weight is 744 g/mol. The normalized spacial score (nSPS) is 19.9. The summed E-state index contributed by atoms with van der Waals surface area (Å²) in [6.07, 6.45) is -0.136. The third kappa shape index (κ3) is 10.2. The molecule has 3 heterocycles. The van der Waals surface area contributed by atoms with E-state index >= 15 is 0 Å². The highest BCUT2D eigenvalue weighted by molar-refractivity contribution is 5.86. The van der Waals surface area contributed by atoms with Crippen LogP contribution in [0.25, 0.3) is 11.1 Å². The number of carbonyl (C=O) groups is 3. The van der Waals surface area contributed by atoms with Gasteiger partial charge in [-0.1, -0.05) is 57.2 Å². The zero-order valence-electron chi connectivity index (χ0n) is 29.8. The minimum Gasteiger partial charge on any atom is -0.453 e. The number of hydrogen-bond acceptors (Lipinski definition) is 10. The van der Waals surface area contributed by atoms with E-state index in [2.05, 4.69) is 25.8 Å². The number of alkyl carbamates (subject to hydrolysis) is 2. The van der Waals surface area contributed by atoms with Crippen molar-refractivity contribution < 1.29 is 51.6 Å². The molecule has 2 fully saturated rings. The second-order valence-electron chi connectivity index (χ2n) is 14.1. The molecule has 0 saturated carbocycles. The van der Waals surface area contributed by atoms with Crippen molar-refractivity contribution in [3.63, 3.8) is 0 Å². The van der Waals surface area contributed by atoms with Gasteiger partial charge in [0.1, 0.15) is 12.1 Å². The summed E-state index contributed by atoms with van der Waals surface area (Å²) < 4.78 is 64.5. The molecular weight excluding hydrogens is 699 g/mol. The van der Waals surface area contributed by atoms with Gasteiger partial charge >= 0.3 is 12.2 Å². The van der Waals surface area contributed by atoms with E-state index in [4.69, 9.17) is 14.2 Å². The van der Waals surface area contributed by atoms with Gasteiger partial charge in [0.2, 0.25) is 0 Å². The molecule has 16 heteroatoms. The quantitative estimate of drug-likeness (QED) is 0.147. The number of nitrogens with one attached hydrogen (secondary N) is 3. The Balaban J connectivity index is 1.40. The number of pyridine rings is 1. The number of benzene rings is 2. The number of aliphatic hydroxyl groups excluding tert-OH is 1. The smallest absolute Gasteiger partial charge is 0.407 e. The van der Waals surface area contributed by atoms with E-state index < -0.39 is 84.6 Å². The summed E-state index contributed by atoms with van der Waals surface area (Å²) in [5.74, 6) is -5.52. The zero-order valence-corrected chi connectivity index (χ0v) is 29.8. The molecule has 2 aliphatic heterocycles. The van der Waals surface area contributed by atoms with Crippen molar-refractivity contribution in [1.29, 1.82) is 0 Å². The first-order valence-electron chi connectivity index (χ1n) is 17.1. The molecule has 5 rings (SSSR count). The number of nitrogens with zero attached hydrogens (tertiary/aromatic N) is 2. The standard InChI is InChI=1S/C37H44F3N5O8/c1-37(2,3)32(43-35(48)50-4)33(47)44-45(18-24-11-12-26(38)31(40)30(24)39)19-28(46)27(42-36(49)53-29-20-52-34-25(29)13-15-51-34)16-21-7-9-22(10-8-21)23-6-5-14-41-17-23/h5-12,14,17,25,27-29,32,34,46H,13,15-16,18-20H2,1-4H3,(H,42,49)(H,43,48)(H,44,47). The largest absolute Gasteiger partial charge is 0.453 e. The van der Waals surface area contributed by atoms with Gasteiger partial charge in [-0.15, -0.1) is 0 Å². The van der Waals surface area contributed by atoms with Crippen molar-refractivity contribution in [2.24, 2.45) is 11.3 Å². The highest BCUT2D eigenvalue weighted by Crippen LogP contribution is 2.33. The Kier molecular flexibility index (Phi) is 12.9. The maximum absolute atomic E-state index is 14.9. The Morgan fingerprint density at radius 3 is 2.43 bits per heavy atom. The van der Waals surface area contributed by atoms with Crippen LogP contribution in [-0.4, -0.2) is 90.6 Å². The Hall–Kier alpha value is -4.77. The van der Waals surface area contributed by atoms with E-state index in [-0.39, 0.29) is 24.5 Å². The van der Waals surface area contributed by atoms with Gasteiger partial charge in [-0.05, 0) is 47.1 Å². The number of methoxy groups -OCH3 is 1. The average Bonchev–Trinajstić information content (AvgIpc) is 3.75. The van der Waals surface area contributed by atoms with Gasteiger partial charge in [0.25, 0.3) is 5.91 Å². The summed E-state index contributed by atoms with van der Waals surface area (Å²) in [5, 5.41) is 18.0. The number of fused-ring (bicyclic) bond motifs is 1. The predicted octanol–water partition coefficient (Wildman–Crippen LogP) is 4.23. The fraction of sp³-hybridized carbons (Fsp3) is 0.459. The van der Waals surface area contributed by atoms with Crippen molar-refractivity contribution in [2.45, 2.75) is 70.7 Å². The molecule has 0 bridgehead atoms. The lowest BCUT2D eigenvalue weighted by atomic mass is 9.86. The lowest BCUT2D eigenvalue weighted by Gasteiger charge is -2.34. The molecule has 0 aliphatic carbocycles. The van der Waals surface area contributed by atoms with Crippen LogP contribution < -0.4 is 16.1 Å². The molecular formula is C37H44F3N5O8. The summed E-state index contributed by atoms with van der Waals surface area (Å²) >= 11 is 0. The molecule has 3 aromatic rings. The first-order valence-corrected chi connectivity index (χ1v) is 17.1. The second kappa shape index (κ2) is 17.4. The number of ether oxygens (including phenoxy) is 4. The van der Waals surface area contributed by atoms with Gasteiger partial charge in [-0.25, -0.2) is 27.8 Å². The van der Waals surface area contributed by atoms with Crippen LogP contribution in [0.4, 0.5) is 22.8 Å². The van der Waals surface area contributed by atoms with Crippen molar-refractivity contribution >= 4 is 18.1 Å². The number of halogens is 3. The monoisotopic (exact) mass is 743 g/mol. The van der Waals surface area contributed by atoms with Crippen LogP contribution in [0.3, 0.4) is 0 Å². The lowest BCUT2D eigenvalue weighted by Crippen LogP contribution is -2.59. The van der Waals surface area contributed by atoms with Crippen molar-refractivity contribution in [3.8, 4) is 11.1 Å². The van der Waals surface area contributed by atoms with Crippen LogP contribution in [0.15, 0.2) is 60.9 Å². The molecule has 2 saturated heterocycles. The van der Waals surface area contributed by atoms with Crippen LogP contribution >= 0.6 is 0 Å². The molecule has 0 radical (unpaired) electrons. The summed E-state index contributed by atoms with van der Waals surface area (Å²) in [5.41, 5.74) is 3.86. The third-order valence-corrected chi connectivity index (χ3v) is 9.14. The van der Waals surface area contributed by atoms with Gasteiger partial charge in [-0.3, -0.25) is 15.2 Å².